The molecule has 28 heavy (non-hydrogen) atoms. The zero-order valence-electron chi connectivity index (χ0n) is 15.3. The van der Waals surface area contributed by atoms with Gasteiger partial charge in [0.05, 0.1) is 12.1 Å². The van der Waals surface area contributed by atoms with Gasteiger partial charge in [-0.05, 0) is 54.1 Å². The van der Waals surface area contributed by atoms with Crippen LogP contribution in [0.1, 0.15) is 15.9 Å². The molecule has 0 aliphatic rings. The molecule has 0 spiro atoms. The number of hydrogen-bond acceptors (Lipinski definition) is 3. The minimum absolute atomic E-state index is 0.205. The average Bonchev–Trinajstić information content (AvgIpc) is 3.23. The van der Waals surface area contributed by atoms with Crippen LogP contribution in [0, 0.1) is 0 Å². The van der Waals surface area contributed by atoms with Crippen molar-refractivity contribution >= 4 is 22.5 Å². The van der Waals surface area contributed by atoms with Crippen LogP contribution in [0.2, 0.25) is 0 Å². The van der Waals surface area contributed by atoms with E-state index in [1.165, 1.54) is 6.07 Å². The van der Waals surface area contributed by atoms with E-state index < -0.39 is 0 Å². The van der Waals surface area contributed by atoms with E-state index in [4.69, 9.17) is 4.74 Å². The third-order valence-electron chi connectivity index (χ3n) is 4.52. The van der Waals surface area contributed by atoms with Gasteiger partial charge < -0.3 is 19.6 Å². The summed E-state index contributed by atoms with van der Waals surface area (Å²) in [6.45, 7) is 0.347. The summed E-state index contributed by atoms with van der Waals surface area (Å²) in [6.07, 6.45) is 3.89. The van der Waals surface area contributed by atoms with Gasteiger partial charge in [-0.2, -0.15) is 0 Å². The summed E-state index contributed by atoms with van der Waals surface area (Å²) in [6, 6.07) is 18.2. The van der Waals surface area contributed by atoms with Gasteiger partial charge in [-0.3, -0.25) is 9.59 Å². The zero-order valence-corrected chi connectivity index (χ0v) is 15.3. The van der Waals surface area contributed by atoms with Crippen molar-refractivity contribution in [1.29, 1.82) is 0 Å². The van der Waals surface area contributed by atoms with Gasteiger partial charge in [0.15, 0.2) is 0 Å². The Balaban J connectivity index is 1.57. The van der Waals surface area contributed by atoms with E-state index >= 15 is 0 Å². The van der Waals surface area contributed by atoms with Crippen LogP contribution in [0.15, 0.2) is 77.9 Å². The Bertz CT molecular complexity index is 1180. The number of H-pyrrole nitrogens is 1. The maximum absolute atomic E-state index is 12.6. The van der Waals surface area contributed by atoms with Crippen LogP contribution in [0.3, 0.4) is 0 Å². The van der Waals surface area contributed by atoms with Crippen molar-refractivity contribution in [2.75, 3.05) is 12.4 Å². The molecule has 0 fully saturated rings. The predicted octanol–water partition coefficient (Wildman–Crippen LogP) is 3.72. The van der Waals surface area contributed by atoms with E-state index in [1.807, 2.05) is 53.4 Å². The first-order chi connectivity index (χ1) is 13.6. The number of fused-ring (bicyclic) bond motifs is 1. The van der Waals surface area contributed by atoms with Crippen molar-refractivity contribution in [2.45, 2.75) is 6.61 Å². The fourth-order valence-electron chi connectivity index (χ4n) is 3.18. The molecule has 4 aromatic rings. The second kappa shape index (κ2) is 7.54. The maximum Gasteiger partial charge on any atom is 0.255 e. The van der Waals surface area contributed by atoms with Crippen molar-refractivity contribution in [1.82, 2.24) is 9.55 Å². The number of aromatic nitrogens is 2. The number of carbonyl (C=O) groups is 1. The first-order valence-electron chi connectivity index (χ1n) is 8.84. The molecule has 6 nitrogen and oxygen atoms in total. The molecule has 2 aromatic carbocycles. The number of amides is 1. The summed E-state index contributed by atoms with van der Waals surface area (Å²) in [5, 5.41) is 3.76. The first-order valence-corrected chi connectivity index (χ1v) is 8.84. The fourth-order valence-corrected chi connectivity index (χ4v) is 3.18. The number of aromatic amines is 1. The lowest BCUT2D eigenvalue weighted by Gasteiger charge is -2.10. The predicted molar refractivity (Wildman–Crippen MR) is 109 cm³/mol. The number of nitrogens with one attached hydrogen (secondary N) is 2. The van der Waals surface area contributed by atoms with Gasteiger partial charge in [0.1, 0.15) is 0 Å². The first kappa shape index (κ1) is 17.8. The van der Waals surface area contributed by atoms with Gasteiger partial charge in [0.2, 0.25) is 5.56 Å². The van der Waals surface area contributed by atoms with E-state index in [1.54, 1.807) is 25.3 Å². The van der Waals surface area contributed by atoms with Gasteiger partial charge in [-0.15, -0.1) is 0 Å². The van der Waals surface area contributed by atoms with Crippen molar-refractivity contribution in [3.63, 3.8) is 0 Å². The largest absolute Gasteiger partial charge is 0.380 e. The van der Waals surface area contributed by atoms with Gasteiger partial charge in [-0.25, -0.2) is 0 Å². The third kappa shape index (κ3) is 3.58. The second-order valence-electron chi connectivity index (χ2n) is 6.44. The highest BCUT2D eigenvalue weighted by atomic mass is 16.5. The summed E-state index contributed by atoms with van der Waals surface area (Å²) >= 11 is 0. The number of methoxy groups -OCH3 is 1. The normalized spacial score (nSPS) is 10.9. The van der Waals surface area contributed by atoms with Crippen molar-refractivity contribution in [3.8, 4) is 5.69 Å². The lowest BCUT2D eigenvalue weighted by molar-refractivity contribution is 0.102. The Hall–Kier alpha value is -3.64. The molecule has 0 unspecified atom stereocenters. The summed E-state index contributed by atoms with van der Waals surface area (Å²) in [5.74, 6) is -0.214. The monoisotopic (exact) mass is 373 g/mol. The highest BCUT2D eigenvalue weighted by molar-refractivity contribution is 6.05. The molecule has 0 aliphatic carbocycles. The number of ether oxygens (including phenoxy) is 1. The molecule has 2 aromatic heterocycles. The van der Waals surface area contributed by atoms with E-state index in [-0.39, 0.29) is 11.5 Å². The number of rotatable bonds is 5. The summed E-state index contributed by atoms with van der Waals surface area (Å²) < 4.78 is 7.13. The Morgan fingerprint density at radius 3 is 2.54 bits per heavy atom. The van der Waals surface area contributed by atoms with Crippen molar-refractivity contribution < 1.29 is 9.53 Å². The SMILES string of the molecule is COCc1cc(=O)[nH]c2cc(NC(=O)c3ccc(-n4cccc4)cc3)ccc12. The smallest absolute Gasteiger partial charge is 0.255 e. The number of benzene rings is 2. The molecular weight excluding hydrogens is 354 g/mol. The molecule has 1 amide bonds. The zero-order chi connectivity index (χ0) is 19.5. The Morgan fingerprint density at radius 2 is 1.82 bits per heavy atom. The summed E-state index contributed by atoms with van der Waals surface area (Å²) in [7, 11) is 1.59. The number of anilines is 1. The number of carbonyl (C=O) groups excluding carboxylic acids is 1. The van der Waals surface area contributed by atoms with Crippen LogP contribution in [0.4, 0.5) is 5.69 Å². The molecule has 140 valence electrons. The van der Waals surface area contributed by atoms with Crippen molar-refractivity contribution in [2.24, 2.45) is 0 Å². The number of pyridine rings is 1. The number of nitrogens with zero attached hydrogens (tertiary/aromatic N) is 1. The molecule has 0 bridgehead atoms. The minimum Gasteiger partial charge on any atom is -0.380 e. The lowest BCUT2D eigenvalue weighted by atomic mass is 10.1. The molecule has 6 heteroatoms. The van der Waals surface area contributed by atoms with Crippen LogP contribution >= 0.6 is 0 Å². The lowest BCUT2D eigenvalue weighted by Crippen LogP contribution is -2.12. The Kier molecular flexibility index (Phi) is 4.78. The summed E-state index contributed by atoms with van der Waals surface area (Å²) in [5.41, 5.74) is 3.40. The highest BCUT2D eigenvalue weighted by Crippen LogP contribution is 2.21. The maximum atomic E-state index is 12.6. The number of hydrogen-bond donors (Lipinski definition) is 2. The average molecular weight is 373 g/mol. The topological polar surface area (TPSA) is 76.1 Å². The van der Waals surface area contributed by atoms with E-state index in [9.17, 15) is 9.59 Å². The van der Waals surface area contributed by atoms with Crippen LogP contribution in [0.5, 0.6) is 0 Å². The fraction of sp³-hybridized carbons (Fsp3) is 0.0909. The van der Waals surface area contributed by atoms with Crippen molar-refractivity contribution in [3.05, 3.63) is 94.5 Å². The standard InChI is InChI=1S/C22H19N3O3/c1-28-14-16-12-21(26)24-20-13-17(6-9-19(16)20)23-22(27)15-4-7-18(8-5-15)25-10-2-3-11-25/h2-13H,14H2,1H3,(H,23,27)(H,24,26). The second-order valence-corrected chi connectivity index (χ2v) is 6.44. The van der Waals surface area contributed by atoms with Crippen LogP contribution in [-0.4, -0.2) is 22.6 Å². The molecule has 0 radical (unpaired) electrons. The Labute approximate surface area is 161 Å². The molecule has 4 rings (SSSR count). The van der Waals surface area contributed by atoms with Crippen LogP contribution < -0.4 is 10.9 Å². The van der Waals surface area contributed by atoms with Gasteiger partial charge >= 0.3 is 0 Å². The summed E-state index contributed by atoms with van der Waals surface area (Å²) in [4.78, 5) is 27.2. The van der Waals surface area contributed by atoms with E-state index in [0.29, 0.717) is 23.4 Å². The molecule has 2 N–H and O–H groups in total. The molecular formula is C22H19N3O3. The Morgan fingerprint density at radius 1 is 1.07 bits per heavy atom. The highest BCUT2D eigenvalue weighted by Gasteiger charge is 2.09. The molecule has 0 saturated carbocycles. The molecule has 2 heterocycles. The van der Waals surface area contributed by atoms with Gasteiger partial charge in [-0.1, -0.05) is 6.07 Å². The molecule has 0 atom stereocenters. The quantitative estimate of drug-likeness (QED) is 0.560. The van der Waals surface area contributed by atoms with Gasteiger partial charge in [0.25, 0.3) is 5.91 Å². The third-order valence-corrected chi connectivity index (χ3v) is 4.52. The van der Waals surface area contributed by atoms with Crippen LogP contribution in [0.25, 0.3) is 16.6 Å². The van der Waals surface area contributed by atoms with Gasteiger partial charge in [0, 0.05) is 47.9 Å². The molecule has 0 saturated heterocycles. The minimum atomic E-state index is -0.214. The molecule has 0 aliphatic heterocycles. The van der Waals surface area contributed by atoms with Crippen LogP contribution in [-0.2, 0) is 11.3 Å². The van der Waals surface area contributed by atoms with E-state index in [2.05, 4.69) is 10.3 Å². The van der Waals surface area contributed by atoms with E-state index in [0.717, 1.165) is 16.6 Å².